The van der Waals surface area contributed by atoms with Crippen molar-refractivity contribution in [3.05, 3.63) is 84.9 Å². The molecule has 4 heterocycles. The number of hydrogen-bond donors (Lipinski definition) is 0. The Labute approximate surface area is 185 Å². The predicted octanol–water partition coefficient (Wildman–Crippen LogP) is 7.75. The van der Waals surface area contributed by atoms with Crippen molar-refractivity contribution in [3.8, 4) is 22.6 Å². The molecule has 0 atom stereocenters. The SMILES string of the molecule is CC(C)(C)c1cc(-c2nccc3oc(-c4ccnc5ccoc45)cc23)cc2ccccc12. The van der Waals surface area contributed by atoms with Gasteiger partial charge in [-0.3, -0.25) is 9.97 Å². The molecule has 6 aromatic rings. The Balaban J connectivity index is 1.60. The lowest BCUT2D eigenvalue weighted by atomic mass is 9.82. The van der Waals surface area contributed by atoms with Crippen LogP contribution in [0.2, 0.25) is 0 Å². The highest BCUT2D eigenvalue weighted by Gasteiger charge is 2.20. The van der Waals surface area contributed by atoms with E-state index >= 15 is 0 Å². The fourth-order valence-electron chi connectivity index (χ4n) is 4.46. The van der Waals surface area contributed by atoms with E-state index in [1.54, 1.807) is 12.5 Å². The van der Waals surface area contributed by atoms with Crippen molar-refractivity contribution in [1.82, 2.24) is 9.97 Å². The van der Waals surface area contributed by atoms with Crippen LogP contribution in [0.3, 0.4) is 0 Å². The van der Waals surface area contributed by atoms with Crippen molar-refractivity contribution in [2.45, 2.75) is 26.2 Å². The van der Waals surface area contributed by atoms with Crippen molar-refractivity contribution in [2.24, 2.45) is 0 Å². The first-order valence-electron chi connectivity index (χ1n) is 10.7. The summed E-state index contributed by atoms with van der Waals surface area (Å²) < 4.78 is 11.9. The van der Waals surface area contributed by atoms with Crippen LogP contribution < -0.4 is 0 Å². The van der Waals surface area contributed by atoms with E-state index in [9.17, 15) is 0 Å². The summed E-state index contributed by atoms with van der Waals surface area (Å²) in [6.45, 7) is 6.75. The van der Waals surface area contributed by atoms with E-state index in [0.29, 0.717) is 0 Å². The lowest BCUT2D eigenvalue weighted by Gasteiger charge is -2.22. The smallest absolute Gasteiger partial charge is 0.163 e. The third-order valence-corrected chi connectivity index (χ3v) is 6.00. The van der Waals surface area contributed by atoms with E-state index in [2.05, 4.69) is 68.2 Å². The Morgan fingerprint density at radius 2 is 1.66 bits per heavy atom. The molecule has 0 aliphatic heterocycles. The Bertz CT molecular complexity index is 1620. The van der Waals surface area contributed by atoms with Crippen LogP contribution in [-0.2, 0) is 5.41 Å². The van der Waals surface area contributed by atoms with Crippen LogP contribution >= 0.6 is 0 Å². The first-order valence-corrected chi connectivity index (χ1v) is 10.7. The van der Waals surface area contributed by atoms with E-state index in [4.69, 9.17) is 13.8 Å². The number of aromatic nitrogens is 2. The molecule has 4 aromatic heterocycles. The zero-order valence-electron chi connectivity index (χ0n) is 18.2. The second-order valence-corrected chi connectivity index (χ2v) is 9.17. The van der Waals surface area contributed by atoms with Crippen molar-refractivity contribution in [1.29, 1.82) is 0 Å². The molecule has 0 N–H and O–H groups in total. The molecule has 0 fully saturated rings. The first-order chi connectivity index (χ1) is 15.5. The molecule has 2 aromatic carbocycles. The molecule has 0 radical (unpaired) electrons. The van der Waals surface area contributed by atoms with Gasteiger partial charge < -0.3 is 8.83 Å². The van der Waals surface area contributed by atoms with Crippen LogP contribution in [0.1, 0.15) is 26.3 Å². The number of nitrogens with zero attached hydrogens (tertiary/aromatic N) is 2. The van der Waals surface area contributed by atoms with Crippen LogP contribution in [0, 0.1) is 0 Å². The summed E-state index contributed by atoms with van der Waals surface area (Å²) in [6.07, 6.45) is 5.24. The standard InChI is InChI=1S/C28H22N2O2/c1-28(2,3)22-15-18(14-17-6-4-5-7-19(17)22)26-21-16-25(32-24(21)9-12-30-26)20-8-11-29-23-10-13-31-27(20)23/h4-16H,1-3H3. The highest BCUT2D eigenvalue weighted by atomic mass is 16.3. The third kappa shape index (κ3) is 2.91. The number of furan rings is 2. The zero-order chi connectivity index (χ0) is 21.9. The Morgan fingerprint density at radius 1 is 0.812 bits per heavy atom. The monoisotopic (exact) mass is 418 g/mol. The minimum absolute atomic E-state index is 0.00694. The average Bonchev–Trinajstić information content (AvgIpc) is 3.44. The predicted molar refractivity (Wildman–Crippen MR) is 129 cm³/mol. The number of hydrogen-bond acceptors (Lipinski definition) is 4. The molecule has 0 aliphatic rings. The highest BCUT2D eigenvalue weighted by molar-refractivity contribution is 5.99. The maximum absolute atomic E-state index is 6.25. The second kappa shape index (κ2) is 6.79. The Kier molecular flexibility index (Phi) is 3.99. The molecule has 6 rings (SSSR count). The van der Waals surface area contributed by atoms with E-state index in [1.165, 1.54) is 16.3 Å². The van der Waals surface area contributed by atoms with E-state index in [-0.39, 0.29) is 5.41 Å². The molecule has 0 saturated heterocycles. The van der Waals surface area contributed by atoms with Gasteiger partial charge in [-0.1, -0.05) is 45.0 Å². The summed E-state index contributed by atoms with van der Waals surface area (Å²) in [5.74, 6) is 0.744. The van der Waals surface area contributed by atoms with Gasteiger partial charge in [-0.05, 0) is 52.1 Å². The van der Waals surface area contributed by atoms with E-state index in [1.807, 2.05) is 24.4 Å². The van der Waals surface area contributed by atoms with Crippen molar-refractivity contribution in [3.63, 3.8) is 0 Å². The maximum atomic E-state index is 6.25. The summed E-state index contributed by atoms with van der Waals surface area (Å²) in [7, 11) is 0. The van der Waals surface area contributed by atoms with Crippen molar-refractivity contribution < 1.29 is 8.83 Å². The quantitative estimate of drug-likeness (QED) is 0.288. The van der Waals surface area contributed by atoms with E-state index < -0.39 is 0 Å². The van der Waals surface area contributed by atoms with Gasteiger partial charge >= 0.3 is 0 Å². The Morgan fingerprint density at radius 3 is 2.53 bits per heavy atom. The van der Waals surface area contributed by atoms with Gasteiger partial charge in [0, 0.05) is 29.4 Å². The summed E-state index contributed by atoms with van der Waals surface area (Å²) in [4.78, 5) is 9.13. The van der Waals surface area contributed by atoms with Gasteiger partial charge in [-0.25, -0.2) is 0 Å². The molecule has 0 spiro atoms. The van der Waals surface area contributed by atoms with Crippen LogP contribution in [-0.4, -0.2) is 9.97 Å². The Hall–Kier alpha value is -3.92. The molecular weight excluding hydrogens is 396 g/mol. The molecule has 0 aliphatic carbocycles. The lowest BCUT2D eigenvalue weighted by molar-refractivity contribution is 0.596. The molecule has 32 heavy (non-hydrogen) atoms. The minimum atomic E-state index is 0.00694. The summed E-state index contributed by atoms with van der Waals surface area (Å²) >= 11 is 0. The van der Waals surface area contributed by atoms with Gasteiger partial charge in [-0.2, -0.15) is 0 Å². The third-order valence-electron chi connectivity index (χ3n) is 6.00. The molecule has 0 bridgehead atoms. The van der Waals surface area contributed by atoms with Crippen molar-refractivity contribution in [2.75, 3.05) is 0 Å². The molecule has 0 amide bonds. The van der Waals surface area contributed by atoms with Gasteiger partial charge in [0.05, 0.1) is 17.5 Å². The largest absolute Gasteiger partial charge is 0.462 e. The molecule has 156 valence electrons. The molecule has 0 saturated carbocycles. The summed E-state index contributed by atoms with van der Waals surface area (Å²) in [6, 6.07) is 20.8. The number of benzene rings is 2. The zero-order valence-corrected chi connectivity index (χ0v) is 18.2. The first kappa shape index (κ1) is 18.8. The maximum Gasteiger partial charge on any atom is 0.163 e. The normalized spacial score (nSPS) is 12.2. The fourth-order valence-corrected chi connectivity index (χ4v) is 4.46. The van der Waals surface area contributed by atoms with Gasteiger partial charge in [0.1, 0.15) is 16.9 Å². The van der Waals surface area contributed by atoms with Crippen LogP contribution in [0.5, 0.6) is 0 Å². The van der Waals surface area contributed by atoms with Gasteiger partial charge in [0.15, 0.2) is 5.58 Å². The lowest BCUT2D eigenvalue weighted by Crippen LogP contribution is -2.12. The van der Waals surface area contributed by atoms with Gasteiger partial charge in [0.2, 0.25) is 0 Å². The number of rotatable bonds is 2. The van der Waals surface area contributed by atoms with Gasteiger partial charge in [-0.15, -0.1) is 0 Å². The fraction of sp³-hybridized carbons (Fsp3) is 0.143. The molecule has 4 heteroatoms. The highest BCUT2D eigenvalue weighted by Crippen LogP contribution is 2.39. The van der Waals surface area contributed by atoms with E-state index in [0.717, 1.165) is 44.7 Å². The summed E-state index contributed by atoms with van der Waals surface area (Å²) in [5, 5.41) is 3.47. The summed E-state index contributed by atoms with van der Waals surface area (Å²) in [5.41, 5.74) is 6.53. The molecular formula is C28H22N2O2. The van der Waals surface area contributed by atoms with Crippen molar-refractivity contribution >= 4 is 32.8 Å². The topological polar surface area (TPSA) is 52.1 Å². The second-order valence-electron chi connectivity index (χ2n) is 9.17. The molecule has 0 unspecified atom stereocenters. The van der Waals surface area contributed by atoms with Crippen LogP contribution in [0.15, 0.2) is 88.2 Å². The number of fused-ring (bicyclic) bond motifs is 3. The van der Waals surface area contributed by atoms with Crippen LogP contribution in [0.25, 0.3) is 55.4 Å². The number of pyridine rings is 2. The minimum Gasteiger partial charge on any atom is -0.462 e. The average molecular weight is 418 g/mol. The van der Waals surface area contributed by atoms with Crippen LogP contribution in [0.4, 0.5) is 0 Å². The molecule has 4 nitrogen and oxygen atoms in total. The van der Waals surface area contributed by atoms with Gasteiger partial charge in [0.25, 0.3) is 0 Å².